The number of hydrogen-bond donors (Lipinski definition) is 1. The van der Waals surface area contributed by atoms with Crippen molar-refractivity contribution in [2.24, 2.45) is 0 Å². The molecular formula is C25H25N3O2. The summed E-state index contributed by atoms with van der Waals surface area (Å²) in [6.45, 7) is 3.25. The first kappa shape index (κ1) is 19.7. The van der Waals surface area contributed by atoms with Gasteiger partial charge in [-0.3, -0.25) is 4.79 Å². The number of aromatic nitrogens is 2. The van der Waals surface area contributed by atoms with E-state index in [0.29, 0.717) is 25.1 Å². The van der Waals surface area contributed by atoms with E-state index in [1.807, 2.05) is 61.5 Å². The molecule has 4 aromatic rings. The van der Waals surface area contributed by atoms with E-state index in [1.54, 1.807) is 7.11 Å². The van der Waals surface area contributed by atoms with Crippen LogP contribution >= 0.6 is 0 Å². The Hall–Kier alpha value is -3.60. The summed E-state index contributed by atoms with van der Waals surface area (Å²) in [5, 5.41) is 3.01. The first-order valence-electron chi connectivity index (χ1n) is 10.1. The summed E-state index contributed by atoms with van der Waals surface area (Å²) in [5.41, 5.74) is 5.04. The van der Waals surface area contributed by atoms with Gasteiger partial charge >= 0.3 is 0 Å². The summed E-state index contributed by atoms with van der Waals surface area (Å²) >= 11 is 0. The fourth-order valence-corrected chi connectivity index (χ4v) is 3.50. The molecule has 0 bridgehead atoms. The predicted octanol–water partition coefficient (Wildman–Crippen LogP) is 4.37. The molecule has 0 aliphatic heterocycles. The Morgan fingerprint density at radius 1 is 1.00 bits per heavy atom. The van der Waals surface area contributed by atoms with E-state index in [4.69, 9.17) is 9.72 Å². The van der Waals surface area contributed by atoms with Crippen LogP contribution in [0.25, 0.3) is 11.0 Å². The number of nitrogens with zero attached hydrogens (tertiary/aromatic N) is 2. The van der Waals surface area contributed by atoms with Crippen molar-refractivity contribution in [2.75, 3.05) is 13.7 Å². The number of hydrogen-bond acceptors (Lipinski definition) is 3. The van der Waals surface area contributed by atoms with E-state index in [-0.39, 0.29) is 5.91 Å². The highest BCUT2D eigenvalue weighted by Gasteiger charge is 2.12. The minimum Gasteiger partial charge on any atom is -0.497 e. The van der Waals surface area contributed by atoms with Crippen LogP contribution in [0.1, 0.15) is 27.3 Å². The van der Waals surface area contributed by atoms with E-state index < -0.39 is 0 Å². The van der Waals surface area contributed by atoms with Gasteiger partial charge in [-0.1, -0.05) is 42.0 Å². The van der Waals surface area contributed by atoms with E-state index in [9.17, 15) is 4.79 Å². The molecule has 0 atom stereocenters. The summed E-state index contributed by atoms with van der Waals surface area (Å²) in [6.07, 6.45) is 0.655. The zero-order valence-electron chi connectivity index (χ0n) is 17.3. The second-order valence-electron chi connectivity index (χ2n) is 7.32. The zero-order chi connectivity index (χ0) is 20.9. The molecule has 0 aliphatic carbocycles. The van der Waals surface area contributed by atoms with Crippen molar-refractivity contribution in [1.29, 1.82) is 0 Å². The fourth-order valence-electron chi connectivity index (χ4n) is 3.50. The normalized spacial score (nSPS) is 10.9. The molecule has 5 nitrogen and oxygen atoms in total. The Morgan fingerprint density at radius 3 is 2.47 bits per heavy atom. The monoisotopic (exact) mass is 399 g/mol. The Labute approximate surface area is 176 Å². The van der Waals surface area contributed by atoms with Crippen molar-refractivity contribution in [3.63, 3.8) is 0 Å². The van der Waals surface area contributed by atoms with Crippen LogP contribution in [0.5, 0.6) is 5.75 Å². The third-order valence-corrected chi connectivity index (χ3v) is 5.18. The molecule has 152 valence electrons. The number of imidazole rings is 1. The van der Waals surface area contributed by atoms with Gasteiger partial charge in [0.25, 0.3) is 5.91 Å². The van der Waals surface area contributed by atoms with E-state index in [0.717, 1.165) is 28.2 Å². The van der Waals surface area contributed by atoms with Gasteiger partial charge in [0.05, 0.1) is 18.1 Å². The second-order valence-corrected chi connectivity index (χ2v) is 7.32. The maximum absolute atomic E-state index is 12.4. The Morgan fingerprint density at radius 2 is 1.73 bits per heavy atom. The highest BCUT2D eigenvalue weighted by Crippen LogP contribution is 2.20. The molecule has 0 spiro atoms. The van der Waals surface area contributed by atoms with Crippen molar-refractivity contribution < 1.29 is 9.53 Å². The van der Waals surface area contributed by atoms with E-state index >= 15 is 0 Å². The number of rotatable bonds is 7. The van der Waals surface area contributed by atoms with Gasteiger partial charge in [-0.2, -0.15) is 0 Å². The lowest BCUT2D eigenvalue weighted by atomic mass is 10.1. The summed E-state index contributed by atoms with van der Waals surface area (Å²) in [6, 6.07) is 23.8. The maximum atomic E-state index is 12.4. The molecule has 1 aromatic heterocycles. The fraction of sp³-hybridized carbons (Fsp3) is 0.200. The average molecular weight is 399 g/mol. The number of ether oxygens (including phenoxy) is 1. The van der Waals surface area contributed by atoms with Crippen LogP contribution in [-0.4, -0.2) is 29.1 Å². The van der Waals surface area contributed by atoms with Crippen molar-refractivity contribution in [3.8, 4) is 5.75 Å². The molecule has 4 rings (SSSR count). The van der Waals surface area contributed by atoms with Crippen LogP contribution in [0.4, 0.5) is 0 Å². The van der Waals surface area contributed by atoms with Gasteiger partial charge in [-0.05, 0) is 48.9 Å². The number of aryl methyl sites for hydroxylation is 1. The Bertz CT molecular complexity index is 1150. The minimum atomic E-state index is -0.0622. The van der Waals surface area contributed by atoms with Crippen molar-refractivity contribution in [1.82, 2.24) is 14.9 Å². The number of para-hydroxylation sites is 2. The van der Waals surface area contributed by atoms with Crippen LogP contribution in [0.2, 0.25) is 0 Å². The van der Waals surface area contributed by atoms with E-state index in [1.165, 1.54) is 5.56 Å². The number of nitrogens with one attached hydrogen (secondary N) is 1. The standard InChI is InChI=1S/C25H25N3O2/c1-18-7-11-20(12-8-18)25(29)26-16-15-24-27-22-5-3-4-6-23(22)28(24)17-19-9-13-21(30-2)14-10-19/h3-14H,15-17H2,1-2H3,(H,26,29). The topological polar surface area (TPSA) is 56.1 Å². The summed E-state index contributed by atoms with van der Waals surface area (Å²) < 4.78 is 7.47. The molecule has 3 aromatic carbocycles. The Kier molecular flexibility index (Phi) is 5.80. The first-order valence-corrected chi connectivity index (χ1v) is 10.1. The zero-order valence-corrected chi connectivity index (χ0v) is 17.3. The summed E-state index contributed by atoms with van der Waals surface area (Å²) in [4.78, 5) is 17.2. The molecule has 1 N–H and O–H groups in total. The second kappa shape index (κ2) is 8.82. The van der Waals surface area contributed by atoms with Gasteiger partial charge in [0, 0.05) is 25.1 Å². The van der Waals surface area contributed by atoms with Crippen molar-refractivity contribution >= 4 is 16.9 Å². The van der Waals surface area contributed by atoms with E-state index in [2.05, 4.69) is 28.1 Å². The lowest BCUT2D eigenvalue weighted by molar-refractivity contribution is 0.0954. The number of benzene rings is 3. The summed E-state index contributed by atoms with van der Waals surface area (Å²) in [7, 11) is 1.67. The van der Waals surface area contributed by atoms with Gasteiger partial charge in [0.15, 0.2) is 0 Å². The number of fused-ring (bicyclic) bond motifs is 1. The average Bonchev–Trinajstić information content (AvgIpc) is 3.12. The number of carbonyl (C=O) groups excluding carboxylic acids is 1. The highest BCUT2D eigenvalue weighted by molar-refractivity contribution is 5.94. The van der Waals surface area contributed by atoms with Crippen molar-refractivity contribution in [3.05, 3.63) is 95.3 Å². The number of carbonyl (C=O) groups is 1. The van der Waals surface area contributed by atoms with Crippen LogP contribution in [0.15, 0.2) is 72.8 Å². The maximum Gasteiger partial charge on any atom is 0.251 e. The third kappa shape index (κ3) is 4.35. The first-order chi connectivity index (χ1) is 14.6. The highest BCUT2D eigenvalue weighted by atomic mass is 16.5. The number of amides is 1. The Balaban J connectivity index is 1.50. The molecule has 1 heterocycles. The molecular weight excluding hydrogens is 374 g/mol. The van der Waals surface area contributed by atoms with Crippen LogP contribution < -0.4 is 10.1 Å². The summed E-state index contributed by atoms with van der Waals surface area (Å²) in [5.74, 6) is 1.73. The van der Waals surface area contributed by atoms with Gasteiger partial charge in [-0.15, -0.1) is 0 Å². The minimum absolute atomic E-state index is 0.0622. The third-order valence-electron chi connectivity index (χ3n) is 5.18. The predicted molar refractivity (Wildman–Crippen MR) is 119 cm³/mol. The quantitative estimate of drug-likeness (QED) is 0.502. The van der Waals surface area contributed by atoms with Gasteiger partial charge in [-0.25, -0.2) is 4.98 Å². The van der Waals surface area contributed by atoms with Crippen LogP contribution in [0.3, 0.4) is 0 Å². The van der Waals surface area contributed by atoms with Crippen LogP contribution in [0, 0.1) is 6.92 Å². The SMILES string of the molecule is COc1ccc(Cn2c(CCNC(=O)c3ccc(C)cc3)nc3ccccc32)cc1. The molecule has 0 fully saturated rings. The van der Waals surface area contributed by atoms with Gasteiger partial charge in [0.2, 0.25) is 0 Å². The molecule has 0 unspecified atom stereocenters. The molecule has 0 aliphatic rings. The van der Waals surface area contributed by atoms with Crippen LogP contribution in [-0.2, 0) is 13.0 Å². The smallest absolute Gasteiger partial charge is 0.251 e. The van der Waals surface area contributed by atoms with Crippen molar-refractivity contribution in [2.45, 2.75) is 19.9 Å². The largest absolute Gasteiger partial charge is 0.497 e. The molecule has 0 saturated carbocycles. The van der Waals surface area contributed by atoms with Gasteiger partial charge in [0.1, 0.15) is 11.6 Å². The lowest BCUT2D eigenvalue weighted by Gasteiger charge is -2.11. The molecule has 0 saturated heterocycles. The molecule has 5 heteroatoms. The molecule has 0 radical (unpaired) electrons. The van der Waals surface area contributed by atoms with Gasteiger partial charge < -0.3 is 14.6 Å². The number of methoxy groups -OCH3 is 1. The molecule has 1 amide bonds. The molecule has 30 heavy (non-hydrogen) atoms. The lowest BCUT2D eigenvalue weighted by Crippen LogP contribution is -2.26.